The molecule has 0 aromatic carbocycles. The Morgan fingerprint density at radius 3 is 2.75 bits per heavy atom. The maximum atomic E-state index is 11.2. The van der Waals surface area contributed by atoms with Crippen LogP contribution in [0.5, 0.6) is 0 Å². The number of rotatable bonds is 3. The minimum Gasteiger partial charge on any atom is -0.310 e. The third-order valence-corrected chi connectivity index (χ3v) is 3.49. The summed E-state index contributed by atoms with van der Waals surface area (Å²) < 4.78 is 14.4. The second-order valence-corrected chi connectivity index (χ2v) is 5.25. The van der Waals surface area contributed by atoms with Crippen LogP contribution in [0.3, 0.4) is 0 Å². The molecule has 2 unspecified atom stereocenters. The van der Waals surface area contributed by atoms with Crippen LogP contribution < -0.4 is 10.0 Å². The molecular weight excluding hydrogens is 172 g/mol. The van der Waals surface area contributed by atoms with Gasteiger partial charge in [0.1, 0.15) is 0 Å². The monoisotopic (exact) mass is 190 g/mol. The van der Waals surface area contributed by atoms with E-state index in [0.717, 1.165) is 13.0 Å². The number of hydrogen-bond donors (Lipinski definition) is 2. The van der Waals surface area contributed by atoms with Gasteiger partial charge in [0.25, 0.3) is 0 Å². The molecule has 1 aliphatic heterocycles. The molecule has 12 heavy (non-hydrogen) atoms. The first-order valence-electron chi connectivity index (χ1n) is 4.46. The van der Waals surface area contributed by atoms with Crippen molar-refractivity contribution in [2.24, 2.45) is 0 Å². The Labute approximate surface area is 76.9 Å². The van der Waals surface area contributed by atoms with Crippen LogP contribution in [0.1, 0.15) is 27.2 Å². The Hall–Kier alpha value is 0.0700. The highest BCUT2D eigenvalue weighted by atomic mass is 32.2. The van der Waals surface area contributed by atoms with Crippen molar-refractivity contribution in [3.05, 3.63) is 0 Å². The van der Waals surface area contributed by atoms with Crippen molar-refractivity contribution >= 4 is 11.0 Å². The SMILES string of the molecule is CCS(=O)NC1CCNC1(C)C. The van der Waals surface area contributed by atoms with E-state index in [1.165, 1.54) is 0 Å². The number of hydrogen-bond acceptors (Lipinski definition) is 2. The quantitative estimate of drug-likeness (QED) is 0.676. The minimum absolute atomic E-state index is 0.0881. The molecule has 0 saturated carbocycles. The summed E-state index contributed by atoms with van der Waals surface area (Å²) in [6.45, 7) is 7.24. The molecule has 2 atom stereocenters. The van der Waals surface area contributed by atoms with Gasteiger partial charge < -0.3 is 5.32 Å². The lowest BCUT2D eigenvalue weighted by Crippen LogP contribution is -2.49. The second kappa shape index (κ2) is 3.85. The standard InChI is InChI=1S/C8H18N2OS/c1-4-12(11)10-7-5-6-9-8(7,2)3/h7,9-10H,4-6H2,1-3H3. The molecule has 0 bridgehead atoms. The molecule has 1 aliphatic rings. The third-order valence-electron chi connectivity index (χ3n) is 2.42. The molecule has 1 heterocycles. The van der Waals surface area contributed by atoms with E-state index in [1.54, 1.807) is 0 Å². The molecule has 1 fully saturated rings. The third kappa shape index (κ3) is 2.28. The zero-order chi connectivity index (χ0) is 9.19. The first-order chi connectivity index (χ1) is 5.56. The maximum absolute atomic E-state index is 11.2. The topological polar surface area (TPSA) is 41.1 Å². The van der Waals surface area contributed by atoms with Crippen molar-refractivity contribution in [1.82, 2.24) is 10.0 Å². The second-order valence-electron chi connectivity index (χ2n) is 3.74. The van der Waals surface area contributed by atoms with Crippen molar-refractivity contribution in [2.75, 3.05) is 12.3 Å². The maximum Gasteiger partial charge on any atom is 0.0915 e. The molecule has 0 radical (unpaired) electrons. The largest absolute Gasteiger partial charge is 0.310 e. The van der Waals surface area contributed by atoms with E-state index in [0.29, 0.717) is 11.8 Å². The molecular formula is C8H18N2OS. The van der Waals surface area contributed by atoms with Crippen LogP contribution in [0.25, 0.3) is 0 Å². The molecule has 0 aliphatic carbocycles. The van der Waals surface area contributed by atoms with Crippen molar-refractivity contribution < 1.29 is 4.21 Å². The normalized spacial score (nSPS) is 30.4. The highest BCUT2D eigenvalue weighted by molar-refractivity contribution is 7.83. The van der Waals surface area contributed by atoms with E-state index < -0.39 is 11.0 Å². The van der Waals surface area contributed by atoms with Gasteiger partial charge in [-0.2, -0.15) is 0 Å². The first kappa shape index (κ1) is 10.2. The Morgan fingerprint density at radius 2 is 2.33 bits per heavy atom. The Bertz CT molecular complexity index is 182. The summed E-state index contributed by atoms with van der Waals surface area (Å²) in [4.78, 5) is 0. The molecule has 0 amide bonds. The van der Waals surface area contributed by atoms with Gasteiger partial charge in [-0.15, -0.1) is 0 Å². The lowest BCUT2D eigenvalue weighted by Gasteiger charge is -2.27. The summed E-state index contributed by atoms with van der Waals surface area (Å²) in [7, 11) is -0.853. The first-order valence-corrected chi connectivity index (χ1v) is 5.77. The van der Waals surface area contributed by atoms with Crippen LogP contribution in [-0.2, 0) is 11.0 Å². The van der Waals surface area contributed by atoms with E-state index in [4.69, 9.17) is 0 Å². The molecule has 1 saturated heterocycles. The predicted octanol–water partition coefficient (Wildman–Crippen LogP) is 0.400. The van der Waals surface area contributed by atoms with Gasteiger partial charge >= 0.3 is 0 Å². The van der Waals surface area contributed by atoms with Gasteiger partial charge in [-0.05, 0) is 26.8 Å². The predicted molar refractivity (Wildman–Crippen MR) is 52.3 cm³/mol. The summed E-state index contributed by atoms with van der Waals surface area (Å²) in [5.74, 6) is 0.687. The van der Waals surface area contributed by atoms with Crippen LogP contribution in [-0.4, -0.2) is 28.1 Å². The van der Waals surface area contributed by atoms with Gasteiger partial charge in [0.15, 0.2) is 0 Å². The van der Waals surface area contributed by atoms with Crippen LogP contribution in [0.15, 0.2) is 0 Å². The lowest BCUT2D eigenvalue weighted by atomic mass is 9.98. The Morgan fingerprint density at radius 1 is 1.67 bits per heavy atom. The smallest absolute Gasteiger partial charge is 0.0915 e. The molecule has 4 heteroatoms. The summed E-state index contributed by atoms with van der Waals surface area (Å²) in [5, 5.41) is 3.38. The molecule has 2 N–H and O–H groups in total. The van der Waals surface area contributed by atoms with Gasteiger partial charge in [0, 0.05) is 17.3 Å². The van der Waals surface area contributed by atoms with Gasteiger partial charge in [0.2, 0.25) is 0 Å². The molecule has 1 rings (SSSR count). The molecule has 0 aromatic rings. The van der Waals surface area contributed by atoms with E-state index in [9.17, 15) is 4.21 Å². The van der Waals surface area contributed by atoms with Crippen LogP contribution in [0.4, 0.5) is 0 Å². The van der Waals surface area contributed by atoms with E-state index in [-0.39, 0.29) is 5.54 Å². The van der Waals surface area contributed by atoms with Gasteiger partial charge in [-0.3, -0.25) is 0 Å². The number of nitrogens with one attached hydrogen (secondary N) is 2. The molecule has 72 valence electrons. The average Bonchev–Trinajstić information content (AvgIpc) is 2.31. The molecule has 3 nitrogen and oxygen atoms in total. The average molecular weight is 190 g/mol. The van der Waals surface area contributed by atoms with Crippen LogP contribution in [0.2, 0.25) is 0 Å². The van der Waals surface area contributed by atoms with Crippen LogP contribution in [0, 0.1) is 0 Å². The summed E-state index contributed by atoms with van der Waals surface area (Å²) in [6, 6.07) is 0.346. The summed E-state index contributed by atoms with van der Waals surface area (Å²) >= 11 is 0. The lowest BCUT2D eigenvalue weighted by molar-refractivity contribution is 0.391. The van der Waals surface area contributed by atoms with E-state index in [1.807, 2.05) is 6.92 Å². The fourth-order valence-corrected chi connectivity index (χ4v) is 2.37. The molecule has 0 aromatic heterocycles. The highest BCUT2D eigenvalue weighted by Gasteiger charge is 2.34. The Kier molecular flexibility index (Phi) is 3.26. The van der Waals surface area contributed by atoms with Crippen molar-refractivity contribution in [3.8, 4) is 0 Å². The summed E-state index contributed by atoms with van der Waals surface area (Å²) in [5.41, 5.74) is 0.0881. The van der Waals surface area contributed by atoms with E-state index >= 15 is 0 Å². The summed E-state index contributed by atoms with van der Waals surface area (Å²) in [6.07, 6.45) is 1.07. The fraction of sp³-hybridized carbons (Fsp3) is 1.00. The van der Waals surface area contributed by atoms with Gasteiger partial charge in [-0.1, -0.05) is 6.92 Å². The van der Waals surface area contributed by atoms with Crippen molar-refractivity contribution in [2.45, 2.75) is 38.8 Å². The van der Waals surface area contributed by atoms with Crippen molar-refractivity contribution in [3.63, 3.8) is 0 Å². The Balaban J connectivity index is 2.47. The zero-order valence-corrected chi connectivity index (χ0v) is 8.83. The van der Waals surface area contributed by atoms with Crippen LogP contribution >= 0.6 is 0 Å². The zero-order valence-electron chi connectivity index (χ0n) is 8.02. The molecule has 0 spiro atoms. The van der Waals surface area contributed by atoms with Gasteiger partial charge in [0.05, 0.1) is 11.0 Å². The van der Waals surface area contributed by atoms with E-state index in [2.05, 4.69) is 23.9 Å². The van der Waals surface area contributed by atoms with Crippen molar-refractivity contribution in [1.29, 1.82) is 0 Å². The highest BCUT2D eigenvalue weighted by Crippen LogP contribution is 2.18. The fourth-order valence-electron chi connectivity index (χ4n) is 1.47. The minimum atomic E-state index is -0.853. The van der Waals surface area contributed by atoms with Gasteiger partial charge in [-0.25, -0.2) is 8.93 Å².